The van der Waals surface area contributed by atoms with Crippen molar-refractivity contribution in [1.82, 2.24) is 0 Å². The second-order valence-electron chi connectivity index (χ2n) is 6.92. The molecule has 6 heteroatoms. The Bertz CT molecular complexity index is 626. The van der Waals surface area contributed by atoms with Gasteiger partial charge in [0.25, 0.3) is 0 Å². The van der Waals surface area contributed by atoms with E-state index < -0.39 is 18.0 Å². The number of aryl methyl sites for hydroxylation is 1. The fourth-order valence-electron chi connectivity index (χ4n) is 2.69. The summed E-state index contributed by atoms with van der Waals surface area (Å²) in [6, 6.07) is 7.21. The standard InChI is InChI=1S/C20H28O6/c1-5-20(11-10-17(21)23-12-14(2)3)24-13-18(26-20)25-19(22)16-9-7-6-8-15(16)4/h6-9,14,18H,5,10-13H2,1-4H3. The highest BCUT2D eigenvalue weighted by Crippen LogP contribution is 2.32. The molecule has 144 valence electrons. The first-order valence-electron chi connectivity index (χ1n) is 9.09. The van der Waals surface area contributed by atoms with Crippen molar-refractivity contribution in [2.45, 2.75) is 59.0 Å². The Kier molecular flexibility index (Phi) is 7.17. The minimum absolute atomic E-state index is 0.145. The molecule has 0 saturated carbocycles. The molecule has 2 unspecified atom stereocenters. The molecule has 0 bridgehead atoms. The molecule has 1 heterocycles. The Labute approximate surface area is 154 Å². The number of carbonyl (C=O) groups is 2. The normalized spacial score (nSPS) is 22.4. The first kappa shape index (κ1) is 20.4. The summed E-state index contributed by atoms with van der Waals surface area (Å²) in [4.78, 5) is 24.1. The van der Waals surface area contributed by atoms with Crippen LogP contribution in [0.1, 0.15) is 56.0 Å². The highest BCUT2D eigenvalue weighted by molar-refractivity contribution is 5.91. The smallest absolute Gasteiger partial charge is 0.340 e. The van der Waals surface area contributed by atoms with Crippen molar-refractivity contribution < 1.29 is 28.5 Å². The summed E-state index contributed by atoms with van der Waals surface area (Å²) in [6.45, 7) is 8.27. The van der Waals surface area contributed by atoms with Crippen molar-refractivity contribution in [2.24, 2.45) is 5.92 Å². The highest BCUT2D eigenvalue weighted by Gasteiger charge is 2.42. The van der Waals surface area contributed by atoms with Crippen LogP contribution in [0.3, 0.4) is 0 Å². The summed E-state index contributed by atoms with van der Waals surface area (Å²) in [5.41, 5.74) is 1.34. The topological polar surface area (TPSA) is 71.1 Å². The fourth-order valence-corrected chi connectivity index (χ4v) is 2.69. The third-order valence-corrected chi connectivity index (χ3v) is 4.26. The van der Waals surface area contributed by atoms with E-state index in [1.54, 1.807) is 12.1 Å². The van der Waals surface area contributed by atoms with E-state index in [2.05, 4.69) is 0 Å². The summed E-state index contributed by atoms with van der Waals surface area (Å²) in [5.74, 6) is -1.35. The average molecular weight is 364 g/mol. The maximum atomic E-state index is 12.3. The lowest BCUT2D eigenvalue weighted by atomic mass is 10.1. The van der Waals surface area contributed by atoms with E-state index in [0.29, 0.717) is 30.9 Å². The third-order valence-electron chi connectivity index (χ3n) is 4.26. The molecule has 6 nitrogen and oxygen atoms in total. The van der Waals surface area contributed by atoms with E-state index >= 15 is 0 Å². The van der Waals surface area contributed by atoms with E-state index in [1.807, 2.05) is 39.8 Å². The number of rotatable bonds is 8. The molecular formula is C20H28O6. The van der Waals surface area contributed by atoms with Crippen molar-refractivity contribution in [1.29, 1.82) is 0 Å². The zero-order chi connectivity index (χ0) is 19.2. The van der Waals surface area contributed by atoms with E-state index in [9.17, 15) is 9.59 Å². The van der Waals surface area contributed by atoms with E-state index in [4.69, 9.17) is 18.9 Å². The molecule has 2 rings (SSSR count). The molecule has 0 aliphatic carbocycles. The van der Waals surface area contributed by atoms with Gasteiger partial charge in [-0.1, -0.05) is 39.0 Å². The van der Waals surface area contributed by atoms with Crippen LogP contribution in [0.25, 0.3) is 0 Å². The second-order valence-corrected chi connectivity index (χ2v) is 6.92. The Balaban J connectivity index is 1.87. The fraction of sp³-hybridized carbons (Fsp3) is 0.600. The number of hydrogen-bond acceptors (Lipinski definition) is 6. The first-order chi connectivity index (χ1) is 12.3. The summed E-state index contributed by atoms with van der Waals surface area (Å²) in [5, 5.41) is 0. The SMILES string of the molecule is CCC1(CCC(=O)OCC(C)C)OCC(OC(=O)c2ccccc2C)O1. The quantitative estimate of drug-likeness (QED) is 0.656. The van der Waals surface area contributed by atoms with E-state index in [1.165, 1.54) is 0 Å². The molecular weight excluding hydrogens is 336 g/mol. The van der Waals surface area contributed by atoms with Gasteiger partial charge in [-0.25, -0.2) is 4.79 Å². The molecule has 26 heavy (non-hydrogen) atoms. The van der Waals surface area contributed by atoms with Gasteiger partial charge in [-0.05, 0) is 30.9 Å². The van der Waals surface area contributed by atoms with E-state index in [0.717, 1.165) is 5.56 Å². The molecule has 0 N–H and O–H groups in total. The average Bonchev–Trinajstić information content (AvgIpc) is 3.02. The van der Waals surface area contributed by atoms with Crippen molar-refractivity contribution in [3.8, 4) is 0 Å². The lowest BCUT2D eigenvalue weighted by molar-refractivity contribution is -0.206. The van der Waals surface area contributed by atoms with Crippen molar-refractivity contribution >= 4 is 11.9 Å². The number of benzene rings is 1. The molecule has 1 aromatic carbocycles. The van der Waals surface area contributed by atoms with Crippen molar-refractivity contribution in [3.63, 3.8) is 0 Å². The largest absolute Gasteiger partial charge is 0.465 e. The van der Waals surface area contributed by atoms with Crippen LogP contribution in [-0.2, 0) is 23.7 Å². The van der Waals surface area contributed by atoms with Crippen LogP contribution >= 0.6 is 0 Å². The number of hydrogen-bond donors (Lipinski definition) is 0. The Morgan fingerprint density at radius 1 is 1.31 bits per heavy atom. The maximum absolute atomic E-state index is 12.3. The molecule has 0 amide bonds. The van der Waals surface area contributed by atoms with Gasteiger partial charge in [0.2, 0.25) is 6.29 Å². The van der Waals surface area contributed by atoms with Gasteiger partial charge in [0.15, 0.2) is 5.79 Å². The molecule has 1 aromatic rings. The van der Waals surface area contributed by atoms with Gasteiger partial charge in [-0.15, -0.1) is 0 Å². The zero-order valence-corrected chi connectivity index (χ0v) is 15.9. The number of carbonyl (C=O) groups excluding carboxylic acids is 2. The van der Waals surface area contributed by atoms with Gasteiger partial charge in [-0.2, -0.15) is 0 Å². The van der Waals surface area contributed by atoms with Gasteiger partial charge < -0.3 is 18.9 Å². The summed E-state index contributed by atoms with van der Waals surface area (Å²) in [6.07, 6.45) is 0.314. The van der Waals surface area contributed by atoms with Gasteiger partial charge in [0, 0.05) is 6.42 Å². The second kappa shape index (κ2) is 9.14. The molecule has 0 aromatic heterocycles. The molecule has 0 spiro atoms. The van der Waals surface area contributed by atoms with Gasteiger partial charge in [0.05, 0.1) is 18.6 Å². The lowest BCUT2D eigenvalue weighted by Gasteiger charge is -2.26. The number of ether oxygens (including phenoxy) is 4. The Morgan fingerprint density at radius 3 is 2.69 bits per heavy atom. The first-order valence-corrected chi connectivity index (χ1v) is 9.09. The molecule has 1 aliphatic rings. The van der Waals surface area contributed by atoms with Crippen molar-refractivity contribution in [2.75, 3.05) is 13.2 Å². The molecule has 0 radical (unpaired) electrons. The molecule has 1 saturated heterocycles. The van der Waals surface area contributed by atoms with Crippen LogP contribution in [-0.4, -0.2) is 37.2 Å². The van der Waals surface area contributed by atoms with Gasteiger partial charge >= 0.3 is 11.9 Å². The molecule has 1 aliphatic heterocycles. The van der Waals surface area contributed by atoms with Crippen molar-refractivity contribution in [3.05, 3.63) is 35.4 Å². The predicted molar refractivity (Wildman–Crippen MR) is 95.5 cm³/mol. The van der Waals surface area contributed by atoms with Crippen LogP contribution in [0.2, 0.25) is 0 Å². The van der Waals surface area contributed by atoms with Crippen LogP contribution in [0.4, 0.5) is 0 Å². The Hall–Kier alpha value is -1.92. The third kappa shape index (κ3) is 5.54. The monoisotopic (exact) mass is 364 g/mol. The van der Waals surface area contributed by atoms with E-state index in [-0.39, 0.29) is 19.0 Å². The van der Waals surface area contributed by atoms with Crippen LogP contribution in [0.5, 0.6) is 0 Å². The highest BCUT2D eigenvalue weighted by atomic mass is 16.8. The van der Waals surface area contributed by atoms with Crippen LogP contribution < -0.4 is 0 Å². The maximum Gasteiger partial charge on any atom is 0.340 e. The molecule has 2 atom stereocenters. The number of esters is 2. The summed E-state index contributed by atoms with van der Waals surface area (Å²) < 4.78 is 22.2. The minimum atomic E-state index is -0.923. The zero-order valence-electron chi connectivity index (χ0n) is 15.9. The lowest BCUT2D eigenvalue weighted by Crippen LogP contribution is -2.32. The van der Waals surface area contributed by atoms with Crippen LogP contribution in [0.15, 0.2) is 24.3 Å². The minimum Gasteiger partial charge on any atom is -0.465 e. The predicted octanol–water partition coefficient (Wildman–Crippen LogP) is 3.61. The Morgan fingerprint density at radius 2 is 2.04 bits per heavy atom. The van der Waals surface area contributed by atoms with Gasteiger partial charge in [0.1, 0.15) is 6.61 Å². The molecule has 1 fully saturated rings. The van der Waals surface area contributed by atoms with Crippen LogP contribution in [0, 0.1) is 12.8 Å². The summed E-state index contributed by atoms with van der Waals surface area (Å²) >= 11 is 0. The summed E-state index contributed by atoms with van der Waals surface area (Å²) in [7, 11) is 0. The van der Waals surface area contributed by atoms with Gasteiger partial charge in [-0.3, -0.25) is 4.79 Å².